The minimum atomic E-state index is -4.86. The van der Waals surface area contributed by atoms with Gasteiger partial charge in [-0.25, -0.2) is 8.42 Å². The lowest BCUT2D eigenvalue weighted by Gasteiger charge is -2.09. The molecule has 24 heavy (non-hydrogen) atoms. The summed E-state index contributed by atoms with van der Waals surface area (Å²) in [5, 5.41) is 9.13. The molecule has 0 fully saturated rings. The number of alkyl halides is 3. The first-order valence-corrected chi connectivity index (χ1v) is 7.98. The fourth-order valence-electron chi connectivity index (χ4n) is 1.85. The maximum absolute atomic E-state index is 12.4. The van der Waals surface area contributed by atoms with E-state index >= 15 is 0 Å². The van der Waals surface area contributed by atoms with Crippen LogP contribution >= 0.6 is 0 Å². The number of benzene rings is 2. The normalized spacial score (nSPS) is 12.5. The van der Waals surface area contributed by atoms with Crippen molar-refractivity contribution in [3.05, 3.63) is 65.1 Å². The number of hydrogen-bond donors (Lipinski definition) is 0. The van der Waals surface area contributed by atoms with Gasteiger partial charge in [0.2, 0.25) is 9.84 Å². The highest BCUT2D eigenvalue weighted by Gasteiger charge is 2.31. The molecule has 8 heteroatoms. The van der Waals surface area contributed by atoms with Crippen molar-refractivity contribution in [1.29, 1.82) is 5.26 Å². The minimum absolute atomic E-state index is 0.0829. The van der Waals surface area contributed by atoms with E-state index in [0.717, 1.165) is 18.2 Å². The summed E-state index contributed by atoms with van der Waals surface area (Å²) in [6.45, 7) is 0. The van der Waals surface area contributed by atoms with Crippen molar-refractivity contribution >= 4 is 15.9 Å². The smallest absolute Gasteiger partial charge is 0.406 e. The monoisotopic (exact) mass is 353 g/mol. The third kappa shape index (κ3) is 4.36. The van der Waals surface area contributed by atoms with Crippen molar-refractivity contribution in [2.75, 3.05) is 0 Å². The Kier molecular flexibility index (Phi) is 4.95. The number of ether oxygens (including phenoxy) is 1. The largest absolute Gasteiger partial charge is 0.573 e. The molecule has 0 aromatic heterocycles. The van der Waals surface area contributed by atoms with Gasteiger partial charge >= 0.3 is 6.36 Å². The van der Waals surface area contributed by atoms with Crippen LogP contribution in [0.1, 0.15) is 5.56 Å². The zero-order chi connectivity index (χ0) is 17.8. The molecular weight excluding hydrogens is 343 g/mol. The molecule has 0 heterocycles. The Morgan fingerprint density at radius 2 is 1.75 bits per heavy atom. The van der Waals surface area contributed by atoms with E-state index in [2.05, 4.69) is 4.74 Å². The second-order valence-electron chi connectivity index (χ2n) is 4.56. The molecule has 0 saturated carbocycles. The third-order valence-corrected chi connectivity index (χ3v) is 4.52. The second kappa shape index (κ2) is 6.76. The van der Waals surface area contributed by atoms with E-state index in [4.69, 9.17) is 5.26 Å². The van der Waals surface area contributed by atoms with Gasteiger partial charge in [0.15, 0.2) is 0 Å². The molecule has 0 saturated heterocycles. The van der Waals surface area contributed by atoms with E-state index in [1.165, 1.54) is 36.4 Å². The Morgan fingerprint density at radius 1 is 1.08 bits per heavy atom. The fourth-order valence-corrected chi connectivity index (χ4v) is 3.03. The quantitative estimate of drug-likeness (QED) is 0.781. The van der Waals surface area contributed by atoms with Crippen LogP contribution in [0, 0.1) is 11.3 Å². The van der Waals surface area contributed by atoms with Crippen molar-refractivity contribution in [1.82, 2.24) is 0 Å². The van der Waals surface area contributed by atoms with E-state index in [-0.39, 0.29) is 10.5 Å². The van der Waals surface area contributed by atoms with Crippen molar-refractivity contribution < 1.29 is 26.3 Å². The van der Waals surface area contributed by atoms with Gasteiger partial charge in [-0.3, -0.25) is 0 Å². The summed E-state index contributed by atoms with van der Waals surface area (Å²) in [6, 6.07) is 13.5. The van der Waals surface area contributed by atoms with Gasteiger partial charge in [-0.15, -0.1) is 13.2 Å². The molecule has 0 radical (unpaired) electrons. The van der Waals surface area contributed by atoms with Crippen LogP contribution in [0.3, 0.4) is 0 Å². The van der Waals surface area contributed by atoms with E-state index in [1.807, 2.05) is 0 Å². The van der Waals surface area contributed by atoms with E-state index in [0.29, 0.717) is 0 Å². The highest BCUT2D eigenvalue weighted by Crippen LogP contribution is 2.26. The third-order valence-electron chi connectivity index (χ3n) is 2.84. The summed E-state index contributed by atoms with van der Waals surface area (Å²) in [5.41, 5.74) is 0.0906. The van der Waals surface area contributed by atoms with Crippen molar-refractivity contribution in [2.24, 2.45) is 0 Å². The van der Waals surface area contributed by atoms with Gasteiger partial charge in [-0.1, -0.05) is 30.3 Å². The van der Waals surface area contributed by atoms with Crippen LogP contribution in [0.2, 0.25) is 0 Å². The average molecular weight is 353 g/mol. The van der Waals surface area contributed by atoms with Gasteiger partial charge in [0.25, 0.3) is 0 Å². The zero-order valence-corrected chi connectivity index (χ0v) is 12.8. The number of sulfone groups is 1. The van der Waals surface area contributed by atoms with Crippen LogP contribution in [0.5, 0.6) is 5.75 Å². The van der Waals surface area contributed by atoms with Crippen LogP contribution in [0.15, 0.2) is 64.4 Å². The first-order chi connectivity index (χ1) is 11.2. The lowest BCUT2D eigenvalue weighted by molar-refractivity contribution is -0.274. The van der Waals surface area contributed by atoms with E-state index in [1.54, 1.807) is 12.1 Å². The van der Waals surface area contributed by atoms with Gasteiger partial charge in [-0.2, -0.15) is 5.26 Å². The molecule has 0 aliphatic heterocycles. The molecule has 0 amide bonds. The molecule has 0 bridgehead atoms. The van der Waals surface area contributed by atoms with Crippen LogP contribution in [0.25, 0.3) is 6.08 Å². The maximum atomic E-state index is 12.4. The zero-order valence-electron chi connectivity index (χ0n) is 12.0. The molecule has 2 rings (SSSR count). The highest BCUT2D eigenvalue weighted by atomic mass is 32.2. The number of nitrogens with zero attached hydrogens (tertiary/aromatic N) is 1. The molecule has 0 atom stereocenters. The summed E-state index contributed by atoms with van der Waals surface area (Å²) in [4.78, 5) is -0.668. The topological polar surface area (TPSA) is 67.2 Å². The molecule has 2 aromatic carbocycles. The number of allylic oxidation sites excluding steroid dienone is 1. The van der Waals surface area contributed by atoms with Crippen molar-refractivity contribution in [3.8, 4) is 11.8 Å². The van der Waals surface area contributed by atoms with E-state index in [9.17, 15) is 21.6 Å². The Bertz CT molecular complexity index is 898. The Morgan fingerprint density at radius 3 is 2.33 bits per heavy atom. The summed E-state index contributed by atoms with van der Waals surface area (Å²) < 4.78 is 65.2. The van der Waals surface area contributed by atoms with Crippen LogP contribution in [-0.4, -0.2) is 14.8 Å². The molecule has 0 aliphatic carbocycles. The first-order valence-electron chi connectivity index (χ1n) is 6.50. The first kappa shape index (κ1) is 17.6. The molecule has 124 valence electrons. The molecule has 2 aromatic rings. The van der Waals surface area contributed by atoms with E-state index < -0.39 is 26.9 Å². The van der Waals surface area contributed by atoms with Gasteiger partial charge in [0, 0.05) is 0 Å². The van der Waals surface area contributed by atoms with Crippen molar-refractivity contribution in [2.45, 2.75) is 11.3 Å². The van der Waals surface area contributed by atoms with Crippen LogP contribution < -0.4 is 4.74 Å². The summed E-state index contributed by atoms with van der Waals surface area (Å²) in [7, 11) is -4.06. The molecule has 0 spiro atoms. The maximum Gasteiger partial charge on any atom is 0.573 e. The Labute approximate surface area is 136 Å². The highest BCUT2D eigenvalue weighted by molar-refractivity contribution is 7.95. The van der Waals surface area contributed by atoms with Crippen LogP contribution in [-0.2, 0) is 9.84 Å². The number of halogens is 3. The number of nitriles is 1. The van der Waals surface area contributed by atoms with Crippen molar-refractivity contribution in [3.63, 3.8) is 0 Å². The van der Waals surface area contributed by atoms with Gasteiger partial charge in [0.05, 0.1) is 4.90 Å². The average Bonchev–Trinajstić information content (AvgIpc) is 2.52. The summed E-state index contributed by atoms with van der Waals surface area (Å²) in [5.74, 6) is -0.509. The number of hydrogen-bond acceptors (Lipinski definition) is 4. The molecule has 0 unspecified atom stereocenters. The van der Waals surface area contributed by atoms with Gasteiger partial charge in [0.1, 0.15) is 16.7 Å². The predicted octanol–water partition coefficient (Wildman–Crippen LogP) is 3.92. The summed E-state index contributed by atoms with van der Waals surface area (Å²) in [6.07, 6.45) is -3.87. The van der Waals surface area contributed by atoms with Gasteiger partial charge < -0.3 is 4.74 Å². The predicted molar refractivity (Wildman–Crippen MR) is 80.3 cm³/mol. The molecular formula is C16H10F3NO3S. The Hall–Kier alpha value is -2.79. The molecule has 0 aliphatic rings. The lowest BCUT2D eigenvalue weighted by Crippen LogP contribution is -2.17. The standard InChI is InChI=1S/C16H10F3NO3S/c17-16(18,19)23-13-6-4-5-12(9-13)10-15(11-20)24(21,22)14-7-2-1-3-8-14/h1-10H. The Balaban J connectivity index is 2.42. The SMILES string of the molecule is N#CC(=Cc1cccc(OC(F)(F)F)c1)S(=O)(=O)c1ccccc1. The van der Waals surface area contributed by atoms with Crippen LogP contribution in [0.4, 0.5) is 13.2 Å². The molecule has 0 N–H and O–H groups in total. The fraction of sp³-hybridized carbons (Fsp3) is 0.0625. The number of rotatable bonds is 4. The second-order valence-corrected chi connectivity index (χ2v) is 6.48. The van der Waals surface area contributed by atoms with Gasteiger partial charge in [-0.05, 0) is 35.9 Å². The molecule has 4 nitrogen and oxygen atoms in total. The summed E-state index contributed by atoms with van der Waals surface area (Å²) >= 11 is 0. The minimum Gasteiger partial charge on any atom is -0.406 e. The lowest BCUT2D eigenvalue weighted by atomic mass is 10.2.